The Hall–Kier alpha value is -2.80. The molecule has 2 amide bonds. The molecule has 0 radical (unpaired) electrons. The van der Waals surface area contributed by atoms with Gasteiger partial charge in [0.05, 0.1) is 12.1 Å². The molecule has 0 fully saturated rings. The lowest BCUT2D eigenvalue weighted by Gasteiger charge is -2.19. The van der Waals surface area contributed by atoms with Crippen molar-refractivity contribution in [3.05, 3.63) is 71.8 Å². The summed E-state index contributed by atoms with van der Waals surface area (Å²) >= 11 is 0. The minimum absolute atomic E-state index is 0.0118. The van der Waals surface area contributed by atoms with Crippen LogP contribution in [0, 0.1) is 11.3 Å². The third-order valence-electron chi connectivity index (χ3n) is 2.87. The topological polar surface area (TPSA) is 64.9 Å². The molecule has 100 valence electrons. The van der Waals surface area contributed by atoms with Crippen molar-refractivity contribution in [2.24, 2.45) is 0 Å². The molecule has 0 aliphatic rings. The van der Waals surface area contributed by atoms with Crippen molar-refractivity contribution in [2.75, 3.05) is 6.54 Å². The van der Waals surface area contributed by atoms with Crippen molar-refractivity contribution in [3.8, 4) is 6.07 Å². The van der Waals surface area contributed by atoms with E-state index in [1.807, 2.05) is 66.7 Å². The van der Waals surface area contributed by atoms with E-state index in [1.54, 1.807) is 0 Å². The van der Waals surface area contributed by atoms with E-state index in [-0.39, 0.29) is 18.6 Å². The highest BCUT2D eigenvalue weighted by Gasteiger charge is 2.15. The lowest BCUT2D eigenvalue weighted by atomic mass is 9.99. The molecule has 0 atom stereocenters. The van der Waals surface area contributed by atoms with Crippen LogP contribution in [-0.4, -0.2) is 12.6 Å². The number of carbonyl (C=O) groups is 1. The largest absolute Gasteiger partial charge is 0.327 e. The number of hydrogen-bond donors (Lipinski definition) is 2. The van der Waals surface area contributed by atoms with Gasteiger partial charge in [-0.1, -0.05) is 60.7 Å². The molecule has 2 N–H and O–H groups in total. The molecule has 0 aliphatic carbocycles. The van der Waals surface area contributed by atoms with Crippen LogP contribution in [0.3, 0.4) is 0 Å². The summed E-state index contributed by atoms with van der Waals surface area (Å²) in [6, 6.07) is 20.7. The van der Waals surface area contributed by atoms with Crippen LogP contribution in [0.5, 0.6) is 0 Å². The Morgan fingerprint density at radius 3 is 1.95 bits per heavy atom. The average molecular weight is 265 g/mol. The van der Waals surface area contributed by atoms with Gasteiger partial charge in [-0.25, -0.2) is 4.79 Å². The van der Waals surface area contributed by atoms with Gasteiger partial charge in [-0.2, -0.15) is 5.26 Å². The molecule has 4 nitrogen and oxygen atoms in total. The molecule has 2 aromatic rings. The monoisotopic (exact) mass is 265 g/mol. The van der Waals surface area contributed by atoms with Gasteiger partial charge in [0.15, 0.2) is 0 Å². The molecule has 0 aliphatic heterocycles. The van der Waals surface area contributed by atoms with Crippen LogP contribution in [0.4, 0.5) is 4.79 Å². The van der Waals surface area contributed by atoms with E-state index in [2.05, 4.69) is 10.6 Å². The van der Waals surface area contributed by atoms with Crippen LogP contribution >= 0.6 is 0 Å². The number of amides is 2. The van der Waals surface area contributed by atoms with Gasteiger partial charge in [-0.3, -0.25) is 0 Å². The molecule has 0 heterocycles. The van der Waals surface area contributed by atoms with Crippen LogP contribution in [0.1, 0.15) is 17.2 Å². The highest BCUT2D eigenvalue weighted by molar-refractivity contribution is 5.75. The third kappa shape index (κ3) is 3.59. The van der Waals surface area contributed by atoms with Gasteiger partial charge in [0.1, 0.15) is 6.54 Å². The number of hydrogen-bond acceptors (Lipinski definition) is 2. The second-order valence-corrected chi connectivity index (χ2v) is 4.24. The van der Waals surface area contributed by atoms with Crippen LogP contribution in [0.15, 0.2) is 60.7 Å². The van der Waals surface area contributed by atoms with Gasteiger partial charge in [0.25, 0.3) is 0 Å². The second-order valence-electron chi connectivity index (χ2n) is 4.24. The molecule has 20 heavy (non-hydrogen) atoms. The summed E-state index contributed by atoms with van der Waals surface area (Å²) in [7, 11) is 0. The molecular formula is C16H15N3O. The van der Waals surface area contributed by atoms with E-state index in [0.717, 1.165) is 11.1 Å². The maximum Gasteiger partial charge on any atom is 0.316 e. The third-order valence-corrected chi connectivity index (χ3v) is 2.87. The predicted octanol–water partition coefficient (Wildman–Crippen LogP) is 2.60. The SMILES string of the molecule is N#CCNC(=O)NC(c1ccccc1)c1ccccc1. The second kappa shape index (κ2) is 6.95. The molecule has 0 unspecified atom stereocenters. The van der Waals surface area contributed by atoms with Gasteiger partial charge in [-0.15, -0.1) is 0 Å². The first kappa shape index (κ1) is 13.6. The fourth-order valence-electron chi connectivity index (χ4n) is 1.95. The van der Waals surface area contributed by atoms with Crippen molar-refractivity contribution in [1.29, 1.82) is 5.26 Å². The zero-order valence-electron chi connectivity index (χ0n) is 10.9. The number of nitrogens with zero attached hydrogens (tertiary/aromatic N) is 1. The van der Waals surface area contributed by atoms with Crippen molar-refractivity contribution >= 4 is 6.03 Å². The summed E-state index contributed by atoms with van der Waals surface area (Å²) in [6.45, 7) is -0.0118. The van der Waals surface area contributed by atoms with E-state index < -0.39 is 0 Å². The smallest absolute Gasteiger partial charge is 0.316 e. The molecule has 0 aromatic heterocycles. The van der Waals surface area contributed by atoms with E-state index in [1.165, 1.54) is 0 Å². The number of urea groups is 1. The van der Waals surface area contributed by atoms with Crippen LogP contribution in [0.2, 0.25) is 0 Å². The number of nitriles is 1. The zero-order chi connectivity index (χ0) is 14.2. The van der Waals surface area contributed by atoms with Crippen molar-refractivity contribution < 1.29 is 4.79 Å². The molecule has 0 bridgehead atoms. The standard InChI is InChI=1S/C16H15N3O/c17-11-12-18-16(20)19-15(13-7-3-1-4-8-13)14-9-5-2-6-10-14/h1-10,15H,12H2,(H2,18,19,20). The first-order valence-electron chi connectivity index (χ1n) is 6.32. The summed E-state index contributed by atoms with van der Waals surface area (Å²) in [6.07, 6.45) is 0. The van der Waals surface area contributed by atoms with E-state index in [9.17, 15) is 4.79 Å². The lowest BCUT2D eigenvalue weighted by molar-refractivity contribution is 0.240. The average Bonchev–Trinajstić information content (AvgIpc) is 2.52. The van der Waals surface area contributed by atoms with Gasteiger partial charge in [-0.05, 0) is 11.1 Å². The predicted molar refractivity (Wildman–Crippen MR) is 76.9 cm³/mol. The van der Waals surface area contributed by atoms with E-state index >= 15 is 0 Å². The Labute approximate surface area is 118 Å². The van der Waals surface area contributed by atoms with E-state index in [0.29, 0.717) is 0 Å². The minimum Gasteiger partial charge on any atom is -0.327 e. The number of nitrogens with one attached hydrogen (secondary N) is 2. The van der Waals surface area contributed by atoms with Crippen LogP contribution < -0.4 is 10.6 Å². The summed E-state index contributed by atoms with van der Waals surface area (Å²) < 4.78 is 0. The molecule has 0 saturated heterocycles. The fraction of sp³-hybridized carbons (Fsp3) is 0.125. The number of benzene rings is 2. The van der Waals surface area contributed by atoms with Gasteiger partial charge < -0.3 is 10.6 Å². The Morgan fingerprint density at radius 1 is 1.00 bits per heavy atom. The quantitative estimate of drug-likeness (QED) is 0.834. The molecule has 0 saturated carbocycles. The number of rotatable bonds is 4. The highest BCUT2D eigenvalue weighted by atomic mass is 16.2. The molecule has 0 spiro atoms. The maximum atomic E-state index is 11.8. The van der Waals surface area contributed by atoms with Crippen molar-refractivity contribution in [2.45, 2.75) is 6.04 Å². The maximum absolute atomic E-state index is 11.8. The van der Waals surface area contributed by atoms with Crippen LogP contribution in [0.25, 0.3) is 0 Å². The first-order chi connectivity index (χ1) is 9.81. The zero-order valence-corrected chi connectivity index (χ0v) is 10.9. The lowest BCUT2D eigenvalue weighted by Crippen LogP contribution is -2.38. The molecule has 2 rings (SSSR count). The highest BCUT2D eigenvalue weighted by Crippen LogP contribution is 2.21. The number of carbonyl (C=O) groups excluding carboxylic acids is 1. The normalized spacial score (nSPS) is 9.80. The Kier molecular flexibility index (Phi) is 4.74. The van der Waals surface area contributed by atoms with Crippen molar-refractivity contribution in [1.82, 2.24) is 10.6 Å². The van der Waals surface area contributed by atoms with Crippen LogP contribution in [-0.2, 0) is 0 Å². The Bertz CT molecular complexity index is 551. The van der Waals surface area contributed by atoms with Gasteiger partial charge in [0.2, 0.25) is 0 Å². The summed E-state index contributed by atoms with van der Waals surface area (Å²) in [5.74, 6) is 0. The van der Waals surface area contributed by atoms with Crippen molar-refractivity contribution in [3.63, 3.8) is 0 Å². The Morgan fingerprint density at radius 2 is 1.50 bits per heavy atom. The molecule has 4 heteroatoms. The molecular weight excluding hydrogens is 250 g/mol. The van der Waals surface area contributed by atoms with Gasteiger partial charge in [0, 0.05) is 0 Å². The first-order valence-corrected chi connectivity index (χ1v) is 6.32. The summed E-state index contributed by atoms with van der Waals surface area (Å²) in [5, 5.41) is 13.9. The fourth-order valence-corrected chi connectivity index (χ4v) is 1.95. The molecule has 2 aromatic carbocycles. The van der Waals surface area contributed by atoms with E-state index in [4.69, 9.17) is 5.26 Å². The summed E-state index contributed by atoms with van der Waals surface area (Å²) in [4.78, 5) is 11.8. The summed E-state index contributed by atoms with van der Waals surface area (Å²) in [5.41, 5.74) is 1.98. The minimum atomic E-state index is -0.357. The van der Waals surface area contributed by atoms with Gasteiger partial charge >= 0.3 is 6.03 Å². The Balaban J connectivity index is 2.22.